The normalized spacial score (nSPS) is 18.2. The van der Waals surface area contributed by atoms with Crippen LogP contribution in [0, 0.1) is 0 Å². The van der Waals surface area contributed by atoms with Crippen LogP contribution in [0.4, 0.5) is 0 Å². The molecule has 46 heavy (non-hydrogen) atoms. The van der Waals surface area contributed by atoms with Crippen molar-refractivity contribution >= 4 is 29.4 Å². The summed E-state index contributed by atoms with van der Waals surface area (Å²) in [5.41, 5.74) is 5.86. The maximum atomic E-state index is 13.7. The largest absolute Gasteiger partial charge is 0.466 e. The van der Waals surface area contributed by atoms with Gasteiger partial charge in [-0.15, -0.1) is 0 Å². The molecule has 2 aromatic carbocycles. The second-order valence-corrected chi connectivity index (χ2v) is 11.9. The van der Waals surface area contributed by atoms with Crippen LogP contribution in [-0.4, -0.2) is 60.1 Å². The van der Waals surface area contributed by atoms with Gasteiger partial charge in [-0.05, 0) is 60.6 Å². The molecule has 0 aliphatic carbocycles. The summed E-state index contributed by atoms with van der Waals surface area (Å²) in [4.78, 5) is 44.3. The number of halogens is 1. The van der Waals surface area contributed by atoms with Crippen molar-refractivity contribution in [3.8, 4) is 11.1 Å². The molecular weight excluding hydrogens is 606 g/mol. The molecule has 2 aliphatic rings. The second kappa shape index (κ2) is 16.0. The van der Waals surface area contributed by atoms with Gasteiger partial charge >= 0.3 is 11.9 Å². The van der Waals surface area contributed by atoms with Crippen LogP contribution in [-0.2, 0) is 41.7 Å². The predicted octanol–water partition coefficient (Wildman–Crippen LogP) is 5.96. The molecule has 2 atom stereocenters. The minimum Gasteiger partial charge on any atom is -0.466 e. The molecule has 9 nitrogen and oxygen atoms in total. The van der Waals surface area contributed by atoms with E-state index in [1.807, 2.05) is 24.3 Å². The Kier molecular flexibility index (Phi) is 11.6. The van der Waals surface area contributed by atoms with Gasteiger partial charge in [0.05, 0.1) is 31.2 Å². The lowest BCUT2D eigenvalue weighted by atomic mass is 9.84. The number of nitrogens with one attached hydrogen (secondary N) is 1. The Morgan fingerprint density at radius 2 is 1.74 bits per heavy atom. The molecule has 3 aromatic rings. The highest BCUT2D eigenvalue weighted by Gasteiger charge is 2.38. The summed E-state index contributed by atoms with van der Waals surface area (Å²) in [5, 5.41) is 3.61. The number of amides is 1. The summed E-state index contributed by atoms with van der Waals surface area (Å²) in [6.07, 6.45) is 3.90. The van der Waals surface area contributed by atoms with E-state index in [1.165, 1.54) is 0 Å². The summed E-state index contributed by atoms with van der Waals surface area (Å²) in [5.74, 6) is -1.20. The monoisotopic (exact) mass is 645 g/mol. The lowest BCUT2D eigenvalue weighted by Gasteiger charge is -2.35. The number of ether oxygens (including phenoxy) is 3. The zero-order chi connectivity index (χ0) is 32.5. The van der Waals surface area contributed by atoms with Gasteiger partial charge < -0.3 is 24.4 Å². The number of nitrogens with zero attached hydrogens (tertiary/aromatic N) is 2. The summed E-state index contributed by atoms with van der Waals surface area (Å²) >= 11 is 6.02. The number of carbonyl (C=O) groups is 3. The molecule has 3 heterocycles. The number of carbonyl (C=O) groups excluding carboxylic acids is 3. The molecule has 2 aliphatic heterocycles. The van der Waals surface area contributed by atoms with E-state index in [0.717, 1.165) is 40.7 Å². The number of hydrogen-bond donors (Lipinski definition) is 1. The Morgan fingerprint density at radius 1 is 1.02 bits per heavy atom. The van der Waals surface area contributed by atoms with E-state index in [4.69, 9.17) is 25.8 Å². The molecule has 1 saturated heterocycles. The molecule has 0 bridgehead atoms. The zero-order valence-electron chi connectivity index (χ0n) is 26.3. The predicted molar refractivity (Wildman–Crippen MR) is 175 cm³/mol. The quantitative estimate of drug-likeness (QED) is 0.138. The van der Waals surface area contributed by atoms with Crippen molar-refractivity contribution in [1.29, 1.82) is 0 Å². The lowest BCUT2D eigenvalue weighted by molar-refractivity contribution is -0.143. The summed E-state index contributed by atoms with van der Waals surface area (Å²) in [6.45, 7) is 6.42. The van der Waals surface area contributed by atoms with E-state index >= 15 is 0 Å². The van der Waals surface area contributed by atoms with Crippen molar-refractivity contribution < 1.29 is 28.6 Å². The van der Waals surface area contributed by atoms with Crippen LogP contribution < -0.4 is 5.32 Å². The third-order valence-corrected chi connectivity index (χ3v) is 8.58. The molecule has 242 valence electrons. The third kappa shape index (κ3) is 8.60. The minimum atomic E-state index is -0.483. The van der Waals surface area contributed by atoms with Gasteiger partial charge in [-0.2, -0.15) is 0 Å². The molecule has 1 fully saturated rings. The van der Waals surface area contributed by atoms with E-state index in [-0.39, 0.29) is 31.0 Å². The number of pyridine rings is 1. The maximum absolute atomic E-state index is 13.7. The molecule has 1 amide bonds. The standard InChI is InChI=1S/C36H40ClN3O6/c1-3-44-34(42)16-17-38-20-25-6-10-27(11-7-25)28-12-8-26(9-13-28)23-46-36(43)35-24(2)40(22-30-5-4-18-45-30)33(41)19-31(35)29-14-15-32(37)39-21-29/h6-15,21,30-31,38H,3-5,16-20,22-23H2,1-2H3. The van der Waals surface area contributed by atoms with Gasteiger partial charge in [0.15, 0.2) is 0 Å². The first-order valence-corrected chi connectivity index (χ1v) is 16.2. The van der Waals surface area contributed by atoms with Crippen LogP contribution in [0.25, 0.3) is 11.1 Å². The van der Waals surface area contributed by atoms with Gasteiger partial charge in [-0.25, -0.2) is 9.78 Å². The molecule has 1 N–H and O–H groups in total. The summed E-state index contributed by atoms with van der Waals surface area (Å²) in [6, 6.07) is 19.6. The summed E-state index contributed by atoms with van der Waals surface area (Å²) in [7, 11) is 0. The average Bonchev–Trinajstić information content (AvgIpc) is 3.58. The fourth-order valence-corrected chi connectivity index (χ4v) is 5.97. The van der Waals surface area contributed by atoms with Crippen LogP contribution in [0.3, 0.4) is 0 Å². The molecule has 5 rings (SSSR count). The molecule has 0 spiro atoms. The van der Waals surface area contributed by atoms with Crippen molar-refractivity contribution in [1.82, 2.24) is 15.2 Å². The number of aromatic nitrogens is 1. The van der Waals surface area contributed by atoms with Crippen LogP contribution in [0.1, 0.15) is 62.1 Å². The molecule has 2 unspecified atom stereocenters. The van der Waals surface area contributed by atoms with E-state index in [1.54, 1.807) is 37.1 Å². The highest BCUT2D eigenvalue weighted by atomic mass is 35.5. The summed E-state index contributed by atoms with van der Waals surface area (Å²) < 4.78 is 16.6. The molecule has 1 aromatic heterocycles. The van der Waals surface area contributed by atoms with Gasteiger partial charge in [0.25, 0.3) is 0 Å². The second-order valence-electron chi connectivity index (χ2n) is 11.5. The number of allylic oxidation sites excluding steroid dienone is 1. The molecular formula is C36H40ClN3O6. The third-order valence-electron chi connectivity index (χ3n) is 8.36. The van der Waals surface area contributed by atoms with E-state index in [0.29, 0.717) is 55.7 Å². The van der Waals surface area contributed by atoms with E-state index in [9.17, 15) is 14.4 Å². The van der Waals surface area contributed by atoms with Crippen molar-refractivity contribution in [2.45, 2.75) is 64.7 Å². The van der Waals surface area contributed by atoms with Gasteiger partial charge in [-0.3, -0.25) is 9.59 Å². The fraction of sp³-hybridized carbons (Fsp3) is 0.389. The van der Waals surface area contributed by atoms with Crippen molar-refractivity contribution in [3.63, 3.8) is 0 Å². The zero-order valence-corrected chi connectivity index (χ0v) is 27.1. The van der Waals surface area contributed by atoms with Gasteiger partial charge in [0, 0.05) is 43.9 Å². The topological polar surface area (TPSA) is 107 Å². The smallest absolute Gasteiger partial charge is 0.336 e. The Bertz CT molecular complexity index is 1530. The lowest BCUT2D eigenvalue weighted by Crippen LogP contribution is -2.42. The van der Waals surface area contributed by atoms with Gasteiger partial charge in [-0.1, -0.05) is 66.2 Å². The van der Waals surface area contributed by atoms with Crippen molar-refractivity contribution in [3.05, 3.63) is 100.0 Å². The van der Waals surface area contributed by atoms with Crippen molar-refractivity contribution in [2.24, 2.45) is 0 Å². The van der Waals surface area contributed by atoms with E-state index < -0.39 is 11.9 Å². The first-order chi connectivity index (χ1) is 22.3. The fourth-order valence-electron chi connectivity index (χ4n) is 5.86. The number of rotatable bonds is 13. The first-order valence-electron chi connectivity index (χ1n) is 15.8. The van der Waals surface area contributed by atoms with Crippen LogP contribution in [0.2, 0.25) is 5.15 Å². The van der Waals surface area contributed by atoms with E-state index in [2.05, 4.69) is 34.6 Å². The van der Waals surface area contributed by atoms with Gasteiger partial charge in [0.2, 0.25) is 5.91 Å². The Labute approximate surface area is 274 Å². The Balaban J connectivity index is 1.22. The van der Waals surface area contributed by atoms with Crippen LogP contribution >= 0.6 is 11.6 Å². The Morgan fingerprint density at radius 3 is 2.37 bits per heavy atom. The number of hydrogen-bond acceptors (Lipinski definition) is 8. The highest BCUT2D eigenvalue weighted by Crippen LogP contribution is 2.38. The number of benzene rings is 2. The van der Waals surface area contributed by atoms with Crippen LogP contribution in [0.15, 0.2) is 78.1 Å². The Hall–Kier alpha value is -4.05. The maximum Gasteiger partial charge on any atom is 0.336 e. The minimum absolute atomic E-state index is 0.0425. The van der Waals surface area contributed by atoms with Crippen molar-refractivity contribution in [2.75, 3.05) is 26.3 Å². The average molecular weight is 646 g/mol. The molecule has 0 radical (unpaired) electrons. The molecule has 10 heteroatoms. The molecule has 0 saturated carbocycles. The van der Waals surface area contributed by atoms with Crippen LogP contribution in [0.5, 0.6) is 0 Å². The first kappa shape index (κ1) is 33.3. The number of esters is 2. The highest BCUT2D eigenvalue weighted by molar-refractivity contribution is 6.29. The van der Waals surface area contributed by atoms with Gasteiger partial charge in [0.1, 0.15) is 11.8 Å². The SMILES string of the molecule is CCOC(=O)CCNCc1ccc(-c2ccc(COC(=O)C3=C(C)N(CC4CCCO4)C(=O)CC3c3ccc(Cl)nc3)cc2)cc1.